The number of carbonyl (C=O) groups is 1. The van der Waals surface area contributed by atoms with E-state index >= 15 is 0 Å². The maximum Gasteiger partial charge on any atom is 0.153 e. The van der Waals surface area contributed by atoms with Gasteiger partial charge in [0.15, 0.2) is 6.29 Å². The fourth-order valence-corrected chi connectivity index (χ4v) is 2.25. The highest BCUT2D eigenvalue weighted by Crippen LogP contribution is 2.17. The molecule has 0 N–H and O–H groups in total. The molecule has 2 aromatic heterocycles. The van der Waals surface area contributed by atoms with Gasteiger partial charge < -0.3 is 9.14 Å². The first-order valence-corrected chi connectivity index (χ1v) is 6.35. The van der Waals surface area contributed by atoms with Crippen LogP contribution in [0.1, 0.15) is 21.6 Å². The number of fused-ring (bicyclic) bond motifs is 1. The molecule has 0 atom stereocenters. The van der Waals surface area contributed by atoms with E-state index in [1.807, 2.05) is 47.1 Å². The van der Waals surface area contributed by atoms with Crippen molar-refractivity contribution in [3.63, 3.8) is 0 Å². The molecule has 4 nitrogen and oxygen atoms in total. The number of nitrogens with zero attached hydrogens (tertiary/aromatic N) is 2. The van der Waals surface area contributed by atoms with Gasteiger partial charge in [-0.1, -0.05) is 12.1 Å². The van der Waals surface area contributed by atoms with E-state index in [-0.39, 0.29) is 0 Å². The van der Waals surface area contributed by atoms with E-state index in [0.717, 1.165) is 23.3 Å². The molecule has 0 spiro atoms. The first-order valence-electron chi connectivity index (χ1n) is 6.35. The van der Waals surface area contributed by atoms with Crippen molar-refractivity contribution in [1.82, 2.24) is 9.38 Å². The molecule has 20 heavy (non-hydrogen) atoms. The summed E-state index contributed by atoms with van der Waals surface area (Å²) in [5, 5.41) is 0. The largest absolute Gasteiger partial charge is 0.497 e. The Kier molecular flexibility index (Phi) is 3.21. The summed E-state index contributed by atoms with van der Waals surface area (Å²) in [6.07, 6.45) is 5.38. The number of carbonyl (C=O) groups excluding carboxylic acids is 1. The maximum absolute atomic E-state index is 11.0. The second-order valence-electron chi connectivity index (χ2n) is 4.57. The van der Waals surface area contributed by atoms with Crippen LogP contribution in [0.2, 0.25) is 0 Å². The predicted molar refractivity (Wildman–Crippen MR) is 76.4 cm³/mol. The monoisotopic (exact) mass is 266 g/mol. The van der Waals surface area contributed by atoms with Gasteiger partial charge >= 0.3 is 0 Å². The Balaban J connectivity index is 1.96. The average Bonchev–Trinajstić information content (AvgIpc) is 2.89. The number of rotatable bonds is 4. The minimum atomic E-state index is 0.601. The second kappa shape index (κ2) is 5.17. The van der Waals surface area contributed by atoms with Crippen molar-refractivity contribution in [2.75, 3.05) is 7.11 Å². The van der Waals surface area contributed by atoms with E-state index in [9.17, 15) is 4.79 Å². The van der Waals surface area contributed by atoms with Crippen molar-refractivity contribution in [2.45, 2.75) is 6.42 Å². The molecule has 0 aliphatic carbocycles. The van der Waals surface area contributed by atoms with Gasteiger partial charge in [0.2, 0.25) is 0 Å². The van der Waals surface area contributed by atoms with Gasteiger partial charge in [0.25, 0.3) is 0 Å². The Labute approximate surface area is 116 Å². The molecule has 1 aromatic carbocycles. The summed E-state index contributed by atoms with van der Waals surface area (Å²) >= 11 is 0. The van der Waals surface area contributed by atoms with E-state index in [1.54, 1.807) is 13.2 Å². The first kappa shape index (κ1) is 12.4. The van der Waals surface area contributed by atoms with Crippen molar-refractivity contribution in [3.05, 3.63) is 65.6 Å². The normalized spacial score (nSPS) is 10.7. The van der Waals surface area contributed by atoms with Crippen LogP contribution in [-0.4, -0.2) is 22.8 Å². The zero-order valence-electron chi connectivity index (χ0n) is 11.1. The molecule has 100 valence electrons. The van der Waals surface area contributed by atoms with Crippen LogP contribution < -0.4 is 4.74 Å². The van der Waals surface area contributed by atoms with E-state index in [1.165, 1.54) is 0 Å². The molecule has 0 radical (unpaired) electrons. The number of aromatic nitrogens is 2. The third-order valence-corrected chi connectivity index (χ3v) is 3.21. The molecule has 0 bridgehead atoms. The number of benzene rings is 1. The van der Waals surface area contributed by atoms with Gasteiger partial charge in [-0.25, -0.2) is 4.98 Å². The van der Waals surface area contributed by atoms with E-state index in [4.69, 9.17) is 4.74 Å². The number of hydrogen-bond donors (Lipinski definition) is 0. The number of ether oxygens (including phenoxy) is 1. The summed E-state index contributed by atoms with van der Waals surface area (Å²) in [5.41, 5.74) is 3.35. The average molecular weight is 266 g/mol. The van der Waals surface area contributed by atoms with Gasteiger partial charge in [0, 0.05) is 18.8 Å². The lowest BCUT2D eigenvalue weighted by atomic mass is 10.1. The summed E-state index contributed by atoms with van der Waals surface area (Å²) in [4.78, 5) is 15.5. The standard InChI is InChI=1S/C16H14N2O2/c1-20-15-6-2-4-12(9-15)8-14-10-18-7-3-5-13(11-19)16(18)17-14/h2-7,9-11H,8H2,1H3. The molecule has 3 rings (SSSR count). The van der Waals surface area contributed by atoms with Gasteiger partial charge in [-0.2, -0.15) is 0 Å². The quantitative estimate of drug-likeness (QED) is 0.682. The van der Waals surface area contributed by atoms with Crippen molar-refractivity contribution in [3.8, 4) is 5.75 Å². The van der Waals surface area contributed by atoms with Gasteiger partial charge in [-0.3, -0.25) is 4.79 Å². The van der Waals surface area contributed by atoms with Gasteiger partial charge in [0.1, 0.15) is 11.4 Å². The molecule has 0 amide bonds. The van der Waals surface area contributed by atoms with Gasteiger partial charge in [0.05, 0.1) is 18.4 Å². The van der Waals surface area contributed by atoms with Crippen LogP contribution in [0.3, 0.4) is 0 Å². The highest BCUT2D eigenvalue weighted by molar-refractivity contribution is 5.84. The second-order valence-corrected chi connectivity index (χ2v) is 4.57. The number of hydrogen-bond acceptors (Lipinski definition) is 3. The summed E-state index contributed by atoms with van der Waals surface area (Å²) in [7, 11) is 1.65. The Bertz CT molecular complexity index is 762. The smallest absolute Gasteiger partial charge is 0.153 e. The van der Waals surface area contributed by atoms with Gasteiger partial charge in [-0.15, -0.1) is 0 Å². The minimum absolute atomic E-state index is 0.601. The van der Waals surface area contributed by atoms with Crippen LogP contribution in [0.15, 0.2) is 48.8 Å². The zero-order valence-corrected chi connectivity index (χ0v) is 11.1. The summed E-state index contributed by atoms with van der Waals surface area (Å²) in [6, 6.07) is 11.5. The van der Waals surface area contributed by atoms with Crippen molar-refractivity contribution >= 4 is 11.9 Å². The highest BCUT2D eigenvalue weighted by atomic mass is 16.5. The maximum atomic E-state index is 11.0. The number of imidazole rings is 1. The predicted octanol–water partition coefficient (Wildman–Crippen LogP) is 2.75. The summed E-state index contributed by atoms with van der Waals surface area (Å²) < 4.78 is 7.09. The van der Waals surface area contributed by atoms with Crippen LogP contribution >= 0.6 is 0 Å². The summed E-state index contributed by atoms with van der Waals surface area (Å²) in [6.45, 7) is 0. The molecule has 0 unspecified atom stereocenters. The van der Waals surface area contributed by atoms with Crippen LogP contribution in [0.4, 0.5) is 0 Å². The number of pyridine rings is 1. The van der Waals surface area contributed by atoms with Crippen LogP contribution in [0.5, 0.6) is 5.75 Å². The van der Waals surface area contributed by atoms with Crippen LogP contribution in [-0.2, 0) is 6.42 Å². The number of methoxy groups -OCH3 is 1. The number of aldehydes is 1. The van der Waals surface area contributed by atoms with Crippen molar-refractivity contribution in [2.24, 2.45) is 0 Å². The third-order valence-electron chi connectivity index (χ3n) is 3.21. The molecule has 0 aliphatic rings. The van der Waals surface area contributed by atoms with Gasteiger partial charge in [-0.05, 0) is 29.8 Å². The molecule has 4 heteroatoms. The molecule has 0 saturated carbocycles. The molecular formula is C16H14N2O2. The van der Waals surface area contributed by atoms with Crippen molar-refractivity contribution in [1.29, 1.82) is 0 Å². The Morgan fingerprint density at radius 3 is 3.00 bits per heavy atom. The molecule has 0 saturated heterocycles. The Morgan fingerprint density at radius 1 is 1.30 bits per heavy atom. The lowest BCUT2D eigenvalue weighted by molar-refractivity contribution is 0.112. The van der Waals surface area contributed by atoms with E-state index < -0.39 is 0 Å². The lowest BCUT2D eigenvalue weighted by Gasteiger charge is -2.02. The van der Waals surface area contributed by atoms with E-state index in [0.29, 0.717) is 17.6 Å². The van der Waals surface area contributed by atoms with E-state index in [2.05, 4.69) is 4.98 Å². The molecule has 0 aliphatic heterocycles. The zero-order chi connectivity index (χ0) is 13.9. The lowest BCUT2D eigenvalue weighted by Crippen LogP contribution is -1.90. The minimum Gasteiger partial charge on any atom is -0.497 e. The highest BCUT2D eigenvalue weighted by Gasteiger charge is 2.06. The van der Waals surface area contributed by atoms with Crippen LogP contribution in [0.25, 0.3) is 5.65 Å². The Morgan fingerprint density at radius 2 is 2.20 bits per heavy atom. The molecule has 2 heterocycles. The molecule has 0 fully saturated rings. The fraction of sp³-hybridized carbons (Fsp3) is 0.125. The first-order chi connectivity index (χ1) is 9.80. The van der Waals surface area contributed by atoms with Crippen LogP contribution in [0, 0.1) is 0 Å². The summed E-state index contributed by atoms with van der Waals surface area (Å²) in [5.74, 6) is 0.833. The SMILES string of the molecule is COc1cccc(Cc2cn3cccc(C=O)c3n2)c1. The van der Waals surface area contributed by atoms with Crippen molar-refractivity contribution < 1.29 is 9.53 Å². The molecular weight excluding hydrogens is 252 g/mol. The third kappa shape index (κ3) is 2.28. The topological polar surface area (TPSA) is 43.6 Å². The Hall–Kier alpha value is -2.62. The molecule has 3 aromatic rings. The fourth-order valence-electron chi connectivity index (χ4n) is 2.25.